The maximum atomic E-state index is 11.7. The van der Waals surface area contributed by atoms with Crippen LogP contribution < -0.4 is 15.8 Å². The molecule has 0 aliphatic carbocycles. The number of anilines is 2. The molecule has 0 heterocycles. The summed E-state index contributed by atoms with van der Waals surface area (Å²) in [6.07, 6.45) is 0.548. The molecule has 1 aromatic rings. The van der Waals surface area contributed by atoms with E-state index in [2.05, 4.69) is 0 Å². The summed E-state index contributed by atoms with van der Waals surface area (Å²) >= 11 is 0. The average molecular weight is 287 g/mol. The molecule has 0 atom stereocenters. The molecule has 0 saturated heterocycles. The van der Waals surface area contributed by atoms with Crippen LogP contribution in [0.4, 0.5) is 11.4 Å². The highest BCUT2D eigenvalue weighted by molar-refractivity contribution is 7.89. The van der Waals surface area contributed by atoms with Crippen LogP contribution in [0.2, 0.25) is 0 Å². The summed E-state index contributed by atoms with van der Waals surface area (Å²) in [5, 5.41) is 14.2. The minimum Gasteiger partial charge on any atom is -0.399 e. The van der Waals surface area contributed by atoms with Crippen molar-refractivity contribution in [1.82, 2.24) is 0 Å². The molecule has 0 aliphatic rings. The molecular formula is C12H21N3O3S. The first-order valence-electron chi connectivity index (χ1n) is 6.07. The highest BCUT2D eigenvalue weighted by Gasteiger charge is 2.20. The monoisotopic (exact) mass is 287 g/mol. The molecule has 5 N–H and O–H groups in total. The number of benzene rings is 1. The molecule has 7 heteroatoms. The van der Waals surface area contributed by atoms with E-state index in [1.807, 2.05) is 18.7 Å². The van der Waals surface area contributed by atoms with Crippen molar-refractivity contribution in [3.05, 3.63) is 18.2 Å². The number of primary sulfonamides is 1. The first-order valence-corrected chi connectivity index (χ1v) is 7.62. The van der Waals surface area contributed by atoms with E-state index in [1.165, 1.54) is 6.07 Å². The van der Waals surface area contributed by atoms with Crippen molar-refractivity contribution in [2.75, 3.05) is 23.8 Å². The molecule has 19 heavy (non-hydrogen) atoms. The summed E-state index contributed by atoms with van der Waals surface area (Å²) in [5.74, 6) is 0. The Bertz CT molecular complexity index is 529. The summed E-state index contributed by atoms with van der Waals surface area (Å²) in [5.41, 5.74) is 6.48. The molecule has 1 aromatic carbocycles. The zero-order valence-electron chi connectivity index (χ0n) is 11.2. The first kappa shape index (κ1) is 15.7. The summed E-state index contributed by atoms with van der Waals surface area (Å²) < 4.78 is 23.3. The Morgan fingerprint density at radius 1 is 1.37 bits per heavy atom. The smallest absolute Gasteiger partial charge is 0.240 e. The van der Waals surface area contributed by atoms with Gasteiger partial charge in [-0.2, -0.15) is 0 Å². The molecular weight excluding hydrogens is 266 g/mol. The third kappa shape index (κ3) is 4.09. The Morgan fingerprint density at radius 3 is 2.47 bits per heavy atom. The van der Waals surface area contributed by atoms with Crippen molar-refractivity contribution in [2.45, 2.75) is 31.2 Å². The third-order valence-electron chi connectivity index (χ3n) is 2.78. The molecule has 0 radical (unpaired) electrons. The second-order valence-electron chi connectivity index (χ2n) is 4.64. The number of hydrogen-bond donors (Lipinski definition) is 3. The summed E-state index contributed by atoms with van der Waals surface area (Å²) in [7, 11) is -3.84. The van der Waals surface area contributed by atoms with E-state index < -0.39 is 10.0 Å². The van der Waals surface area contributed by atoms with Gasteiger partial charge in [-0.05, 0) is 38.5 Å². The van der Waals surface area contributed by atoms with E-state index in [9.17, 15) is 8.42 Å². The number of nitrogens with two attached hydrogens (primary N) is 2. The van der Waals surface area contributed by atoms with E-state index in [0.29, 0.717) is 24.3 Å². The maximum Gasteiger partial charge on any atom is 0.240 e. The van der Waals surface area contributed by atoms with Crippen molar-refractivity contribution >= 4 is 21.4 Å². The molecule has 0 saturated carbocycles. The van der Waals surface area contributed by atoms with Crippen LogP contribution in [0.5, 0.6) is 0 Å². The van der Waals surface area contributed by atoms with Crippen molar-refractivity contribution in [3.63, 3.8) is 0 Å². The third-order valence-corrected chi connectivity index (χ3v) is 3.72. The number of aliphatic hydroxyl groups is 1. The van der Waals surface area contributed by atoms with Crippen LogP contribution in [0.25, 0.3) is 0 Å². The van der Waals surface area contributed by atoms with Gasteiger partial charge in [-0.15, -0.1) is 0 Å². The highest BCUT2D eigenvalue weighted by Crippen LogP contribution is 2.28. The average Bonchev–Trinajstić information content (AvgIpc) is 2.29. The Balaban J connectivity index is 3.30. The van der Waals surface area contributed by atoms with Crippen molar-refractivity contribution in [3.8, 4) is 0 Å². The molecule has 0 unspecified atom stereocenters. The number of nitrogens with zero attached hydrogens (tertiary/aromatic N) is 1. The van der Waals surface area contributed by atoms with Gasteiger partial charge in [0.15, 0.2) is 0 Å². The van der Waals surface area contributed by atoms with Crippen molar-refractivity contribution in [2.24, 2.45) is 5.14 Å². The second-order valence-corrected chi connectivity index (χ2v) is 6.17. The molecule has 0 aliphatic heterocycles. The first-order chi connectivity index (χ1) is 8.77. The quantitative estimate of drug-likeness (QED) is 0.660. The van der Waals surface area contributed by atoms with Crippen LogP contribution in [-0.2, 0) is 10.0 Å². The number of hydrogen-bond acceptors (Lipinski definition) is 5. The van der Waals surface area contributed by atoms with Gasteiger partial charge in [-0.3, -0.25) is 0 Å². The van der Waals surface area contributed by atoms with Gasteiger partial charge < -0.3 is 15.7 Å². The van der Waals surface area contributed by atoms with Gasteiger partial charge in [0.25, 0.3) is 0 Å². The lowest BCUT2D eigenvalue weighted by Crippen LogP contribution is -2.34. The lowest BCUT2D eigenvalue weighted by atomic mass is 10.2. The summed E-state index contributed by atoms with van der Waals surface area (Å²) in [6.45, 7) is 4.48. The fraction of sp³-hybridized carbons (Fsp3) is 0.500. The van der Waals surface area contributed by atoms with Gasteiger partial charge in [-0.25, -0.2) is 13.6 Å². The zero-order valence-corrected chi connectivity index (χ0v) is 12.0. The van der Waals surface area contributed by atoms with Crippen LogP contribution >= 0.6 is 0 Å². The van der Waals surface area contributed by atoms with Gasteiger partial charge in [0.1, 0.15) is 4.90 Å². The predicted molar refractivity (Wildman–Crippen MR) is 76.4 cm³/mol. The lowest BCUT2D eigenvalue weighted by Gasteiger charge is -2.30. The van der Waals surface area contributed by atoms with E-state index in [-0.39, 0.29) is 17.5 Å². The Labute approximate surface area is 114 Å². The normalized spacial score (nSPS) is 11.8. The van der Waals surface area contributed by atoms with Gasteiger partial charge in [0, 0.05) is 24.9 Å². The molecule has 1 rings (SSSR count). The minimum absolute atomic E-state index is 0.0131. The molecule has 0 spiro atoms. The number of rotatable bonds is 6. The summed E-state index contributed by atoms with van der Waals surface area (Å²) in [6, 6.07) is 4.72. The maximum absolute atomic E-state index is 11.7. The van der Waals surface area contributed by atoms with E-state index in [1.54, 1.807) is 12.1 Å². The number of nitrogen functional groups attached to an aromatic ring is 1. The standard InChI is InChI=1S/C12H21N3O3S/c1-9(2)15(6-3-7-16)11-5-4-10(13)8-12(11)19(14,17)18/h4-5,8-9,16H,3,6-7,13H2,1-2H3,(H2,14,17,18). The van der Waals surface area contributed by atoms with Crippen LogP contribution in [-0.4, -0.2) is 32.7 Å². The SMILES string of the molecule is CC(C)N(CCCO)c1ccc(N)cc1S(N)(=O)=O. The molecule has 108 valence electrons. The Hall–Kier alpha value is -1.31. The zero-order chi connectivity index (χ0) is 14.6. The fourth-order valence-corrected chi connectivity index (χ4v) is 2.67. The van der Waals surface area contributed by atoms with Gasteiger partial charge >= 0.3 is 0 Å². The number of aliphatic hydroxyl groups excluding tert-OH is 1. The Morgan fingerprint density at radius 2 is 2.00 bits per heavy atom. The van der Waals surface area contributed by atoms with Crippen molar-refractivity contribution < 1.29 is 13.5 Å². The predicted octanol–water partition coefficient (Wildman–Crippen LogP) is 0.513. The summed E-state index contributed by atoms with van der Waals surface area (Å²) in [4.78, 5) is 1.90. The van der Waals surface area contributed by atoms with Crippen molar-refractivity contribution in [1.29, 1.82) is 0 Å². The lowest BCUT2D eigenvalue weighted by molar-refractivity contribution is 0.288. The molecule has 0 amide bonds. The number of sulfonamides is 1. The van der Waals surface area contributed by atoms with E-state index in [0.717, 1.165) is 0 Å². The minimum atomic E-state index is -3.84. The molecule has 0 aromatic heterocycles. The topological polar surface area (TPSA) is 110 Å². The van der Waals surface area contributed by atoms with Gasteiger partial charge in [0.2, 0.25) is 10.0 Å². The van der Waals surface area contributed by atoms with E-state index >= 15 is 0 Å². The highest BCUT2D eigenvalue weighted by atomic mass is 32.2. The molecule has 6 nitrogen and oxygen atoms in total. The van der Waals surface area contributed by atoms with Gasteiger partial charge in [0.05, 0.1) is 5.69 Å². The Kier molecular flexibility index (Phi) is 5.16. The van der Waals surface area contributed by atoms with Crippen LogP contribution in [0, 0.1) is 0 Å². The largest absolute Gasteiger partial charge is 0.399 e. The second kappa shape index (κ2) is 6.23. The van der Waals surface area contributed by atoms with Crippen LogP contribution in [0.15, 0.2) is 23.1 Å². The molecule has 0 fully saturated rings. The molecule has 0 bridgehead atoms. The van der Waals surface area contributed by atoms with Crippen LogP contribution in [0.1, 0.15) is 20.3 Å². The fourth-order valence-electron chi connectivity index (χ4n) is 1.89. The van der Waals surface area contributed by atoms with E-state index in [4.69, 9.17) is 16.0 Å². The van der Waals surface area contributed by atoms with Gasteiger partial charge in [-0.1, -0.05) is 0 Å². The van der Waals surface area contributed by atoms with Crippen LogP contribution in [0.3, 0.4) is 0 Å².